The van der Waals surface area contributed by atoms with Gasteiger partial charge in [-0.25, -0.2) is 0 Å². The molecule has 1 aromatic carbocycles. The molecule has 8 heteroatoms. The zero-order chi connectivity index (χ0) is 17.8. The summed E-state index contributed by atoms with van der Waals surface area (Å²) in [6.45, 7) is 3.50. The van der Waals surface area contributed by atoms with Crippen LogP contribution in [0.1, 0.15) is 35.0 Å². The molecule has 2 heterocycles. The molecular formula is C18H25IN6O. The van der Waals surface area contributed by atoms with Gasteiger partial charge in [-0.2, -0.15) is 5.10 Å². The number of halogens is 1. The number of carbonyl (C=O) groups excluding carboxylic acids is 1. The number of carbonyl (C=O) groups is 1. The lowest BCUT2D eigenvalue weighted by atomic mass is 9.94. The van der Waals surface area contributed by atoms with Crippen LogP contribution in [0, 0.1) is 5.92 Å². The Morgan fingerprint density at radius 1 is 1.42 bits per heavy atom. The minimum absolute atomic E-state index is 0. The number of nitrogens with two attached hydrogens (primary N) is 2. The summed E-state index contributed by atoms with van der Waals surface area (Å²) in [5.41, 5.74) is 15.0. The molecule has 0 fully saturated rings. The van der Waals surface area contributed by atoms with Crippen LogP contribution in [0.3, 0.4) is 0 Å². The van der Waals surface area contributed by atoms with Gasteiger partial charge in [0.25, 0.3) is 5.91 Å². The monoisotopic (exact) mass is 468 g/mol. The summed E-state index contributed by atoms with van der Waals surface area (Å²) < 4.78 is 1.86. The first-order valence-corrected chi connectivity index (χ1v) is 8.57. The minimum Gasteiger partial charge on any atom is -0.370 e. The Kier molecular flexibility index (Phi) is 7.01. The van der Waals surface area contributed by atoms with Gasteiger partial charge in [-0.3, -0.25) is 14.5 Å². The fourth-order valence-corrected chi connectivity index (χ4v) is 3.14. The van der Waals surface area contributed by atoms with Crippen LogP contribution in [0.2, 0.25) is 0 Å². The summed E-state index contributed by atoms with van der Waals surface area (Å²) in [6, 6.07) is 8.13. The van der Waals surface area contributed by atoms with Gasteiger partial charge in [-0.15, -0.1) is 24.0 Å². The van der Waals surface area contributed by atoms with Crippen molar-refractivity contribution in [1.29, 1.82) is 0 Å². The highest BCUT2D eigenvalue weighted by Crippen LogP contribution is 2.23. The number of nitrogens with zero attached hydrogens (tertiary/aromatic N) is 3. The fourth-order valence-electron chi connectivity index (χ4n) is 3.14. The smallest absolute Gasteiger partial charge is 0.252 e. The van der Waals surface area contributed by atoms with Crippen LogP contribution in [0.5, 0.6) is 0 Å². The van der Waals surface area contributed by atoms with E-state index in [1.54, 1.807) is 6.20 Å². The number of primary amides is 1. The first-order valence-electron chi connectivity index (χ1n) is 8.57. The number of fused-ring (bicyclic) bond motifs is 1. The summed E-state index contributed by atoms with van der Waals surface area (Å²) >= 11 is 0. The third-order valence-corrected chi connectivity index (χ3v) is 4.57. The van der Waals surface area contributed by atoms with Gasteiger partial charge in [0.15, 0.2) is 5.96 Å². The molecule has 1 atom stereocenters. The molecule has 0 bridgehead atoms. The molecule has 0 spiro atoms. The summed E-state index contributed by atoms with van der Waals surface area (Å²) in [4.78, 5) is 15.9. The van der Waals surface area contributed by atoms with Gasteiger partial charge in [0.1, 0.15) is 0 Å². The molecule has 1 amide bonds. The highest BCUT2D eigenvalue weighted by atomic mass is 127. The van der Waals surface area contributed by atoms with Gasteiger partial charge >= 0.3 is 0 Å². The van der Waals surface area contributed by atoms with E-state index in [0.29, 0.717) is 24.0 Å². The highest BCUT2D eigenvalue weighted by molar-refractivity contribution is 14.0. The van der Waals surface area contributed by atoms with E-state index in [-0.39, 0.29) is 24.0 Å². The Bertz CT molecular complexity index is 801. The third-order valence-electron chi connectivity index (χ3n) is 4.57. The van der Waals surface area contributed by atoms with Gasteiger partial charge in [0.2, 0.25) is 0 Å². The van der Waals surface area contributed by atoms with Gasteiger partial charge in [0, 0.05) is 18.8 Å². The number of hydrogen-bond acceptors (Lipinski definition) is 3. The highest BCUT2D eigenvalue weighted by Gasteiger charge is 2.24. The fraction of sp³-hybridized carbons (Fsp3) is 0.389. The van der Waals surface area contributed by atoms with E-state index >= 15 is 0 Å². The van der Waals surface area contributed by atoms with Crippen LogP contribution in [0.25, 0.3) is 0 Å². The number of aliphatic imine (C=N–C) groups is 1. The van der Waals surface area contributed by atoms with E-state index in [4.69, 9.17) is 11.5 Å². The van der Waals surface area contributed by atoms with Crippen molar-refractivity contribution < 1.29 is 4.79 Å². The largest absolute Gasteiger partial charge is 0.370 e. The molecule has 1 aliphatic rings. The van der Waals surface area contributed by atoms with Crippen molar-refractivity contribution in [3.05, 3.63) is 47.3 Å². The molecule has 1 aromatic heterocycles. The Morgan fingerprint density at radius 2 is 2.23 bits per heavy atom. The van der Waals surface area contributed by atoms with E-state index in [9.17, 15) is 4.79 Å². The number of amides is 1. The Balaban J connectivity index is 0.00000243. The molecule has 140 valence electrons. The zero-order valence-electron chi connectivity index (χ0n) is 14.8. The molecule has 0 radical (unpaired) electrons. The molecular weight excluding hydrogens is 443 g/mol. The van der Waals surface area contributed by atoms with E-state index < -0.39 is 5.91 Å². The Labute approximate surface area is 170 Å². The molecule has 0 saturated heterocycles. The van der Waals surface area contributed by atoms with Crippen LogP contribution in [-0.4, -0.2) is 28.2 Å². The van der Waals surface area contributed by atoms with Crippen molar-refractivity contribution in [3.8, 4) is 0 Å². The van der Waals surface area contributed by atoms with Crippen molar-refractivity contribution >= 4 is 41.5 Å². The summed E-state index contributed by atoms with van der Waals surface area (Å²) in [6.07, 6.45) is 4.22. The van der Waals surface area contributed by atoms with Crippen molar-refractivity contribution in [1.82, 2.24) is 9.78 Å². The van der Waals surface area contributed by atoms with Crippen molar-refractivity contribution in [3.63, 3.8) is 0 Å². The standard InChI is InChI=1S/C18H24N6O.HI/c1-2-12-4-3-5-14(8-12)23-18(20)21-10-13-6-7-24-16(9-13)15(11-22-24)17(19)25;/h3-5,8,11,13H,2,6-7,9-10H2,1H3,(H2,19,25)(H3,20,21,23);1H. The van der Waals surface area contributed by atoms with Crippen LogP contribution in [-0.2, 0) is 19.4 Å². The number of guanidine groups is 1. The van der Waals surface area contributed by atoms with Crippen molar-refractivity contribution in [2.45, 2.75) is 32.7 Å². The number of anilines is 1. The number of rotatable bonds is 5. The van der Waals surface area contributed by atoms with Crippen LogP contribution < -0.4 is 16.8 Å². The molecule has 3 rings (SSSR count). The number of aromatic nitrogens is 2. The second-order valence-corrected chi connectivity index (χ2v) is 6.36. The van der Waals surface area contributed by atoms with Gasteiger partial charge in [-0.05, 0) is 42.9 Å². The summed E-state index contributed by atoms with van der Waals surface area (Å²) in [5.74, 6) is 0.300. The second-order valence-electron chi connectivity index (χ2n) is 6.36. The number of hydrogen-bond donors (Lipinski definition) is 3. The predicted molar refractivity (Wildman–Crippen MR) is 114 cm³/mol. The Hall–Kier alpha value is -2.10. The summed E-state index contributed by atoms with van der Waals surface area (Å²) in [7, 11) is 0. The predicted octanol–water partition coefficient (Wildman–Crippen LogP) is 2.15. The molecule has 26 heavy (non-hydrogen) atoms. The molecule has 0 aliphatic carbocycles. The van der Waals surface area contributed by atoms with E-state index in [1.807, 2.05) is 16.8 Å². The van der Waals surface area contributed by atoms with Crippen LogP contribution >= 0.6 is 24.0 Å². The maximum atomic E-state index is 11.5. The van der Waals surface area contributed by atoms with Crippen molar-refractivity contribution in [2.75, 3.05) is 11.9 Å². The average molecular weight is 468 g/mol. The summed E-state index contributed by atoms with van der Waals surface area (Å²) in [5, 5.41) is 7.36. The molecule has 1 aliphatic heterocycles. The lowest BCUT2D eigenvalue weighted by Gasteiger charge is -2.22. The number of nitrogens with one attached hydrogen (secondary N) is 1. The lowest BCUT2D eigenvalue weighted by Crippen LogP contribution is -2.27. The van der Waals surface area contributed by atoms with Crippen molar-refractivity contribution in [2.24, 2.45) is 22.4 Å². The lowest BCUT2D eigenvalue weighted by molar-refractivity contribution is 0.0998. The zero-order valence-corrected chi connectivity index (χ0v) is 17.1. The van der Waals surface area contributed by atoms with E-state index in [1.165, 1.54) is 5.56 Å². The maximum Gasteiger partial charge on any atom is 0.252 e. The Morgan fingerprint density at radius 3 is 2.96 bits per heavy atom. The van der Waals surface area contributed by atoms with Crippen LogP contribution in [0.4, 0.5) is 5.69 Å². The average Bonchev–Trinajstić information content (AvgIpc) is 3.03. The second kappa shape index (κ2) is 9.02. The molecule has 7 nitrogen and oxygen atoms in total. The minimum atomic E-state index is -0.428. The number of benzene rings is 1. The SMILES string of the molecule is CCc1cccc(NC(N)=NCC2CCn3ncc(C(N)=O)c3C2)c1.I. The van der Waals surface area contributed by atoms with Crippen LogP contribution in [0.15, 0.2) is 35.5 Å². The number of aryl methyl sites for hydroxylation is 2. The quantitative estimate of drug-likeness (QED) is 0.355. The van der Waals surface area contributed by atoms with Gasteiger partial charge < -0.3 is 16.8 Å². The van der Waals surface area contributed by atoms with E-state index in [2.05, 4.69) is 34.5 Å². The normalized spacial score (nSPS) is 16.5. The first kappa shape index (κ1) is 20.2. The first-order chi connectivity index (χ1) is 12.1. The maximum absolute atomic E-state index is 11.5. The molecule has 2 aromatic rings. The van der Waals surface area contributed by atoms with Gasteiger partial charge in [-0.1, -0.05) is 19.1 Å². The molecule has 0 saturated carbocycles. The molecule has 1 unspecified atom stereocenters. The molecule has 5 N–H and O–H groups in total. The third kappa shape index (κ3) is 4.75. The van der Waals surface area contributed by atoms with E-state index in [0.717, 1.165) is 37.2 Å². The topological polar surface area (TPSA) is 111 Å². The van der Waals surface area contributed by atoms with Gasteiger partial charge in [0.05, 0.1) is 17.5 Å².